The molecule has 1 heterocycles. The second kappa shape index (κ2) is 5.41. The van der Waals surface area contributed by atoms with E-state index in [0.29, 0.717) is 11.4 Å². The van der Waals surface area contributed by atoms with Crippen LogP contribution in [0.25, 0.3) is 11.1 Å². The third-order valence-electron chi connectivity index (χ3n) is 3.41. The summed E-state index contributed by atoms with van der Waals surface area (Å²) in [6.07, 6.45) is 0. The van der Waals surface area contributed by atoms with Crippen molar-refractivity contribution in [2.75, 3.05) is 0 Å². The first-order valence-corrected chi connectivity index (χ1v) is 8.09. The molecule has 0 atom stereocenters. The number of nitrogens with one attached hydrogen (secondary N) is 3. The van der Waals surface area contributed by atoms with Crippen LogP contribution in [0.2, 0.25) is 0 Å². The molecule has 0 bridgehead atoms. The van der Waals surface area contributed by atoms with Crippen LogP contribution in [0.1, 0.15) is 11.1 Å². The Morgan fingerprint density at radius 3 is 2.41 bits per heavy atom. The van der Waals surface area contributed by atoms with E-state index in [2.05, 4.69) is 21.6 Å². The Bertz CT molecular complexity index is 861. The molecule has 0 saturated heterocycles. The van der Waals surface area contributed by atoms with E-state index in [1.165, 1.54) is 6.07 Å². The van der Waals surface area contributed by atoms with Gasteiger partial charge < -0.3 is 0 Å². The third-order valence-corrected chi connectivity index (χ3v) is 4.36. The van der Waals surface area contributed by atoms with Crippen molar-refractivity contribution < 1.29 is 8.42 Å². The number of nitrogens with zero attached hydrogens (tertiary/aromatic N) is 1. The summed E-state index contributed by atoms with van der Waals surface area (Å²) in [5.41, 5.74) is 11.0. The molecule has 1 aliphatic rings. The highest BCUT2D eigenvalue weighted by atomic mass is 32.2. The molecule has 0 fully saturated rings. The Kier molecular flexibility index (Phi) is 3.57. The topological polar surface area (TPSA) is 109 Å². The molecular weight excluding hydrogens is 302 g/mol. The molecule has 8 heteroatoms. The van der Waals surface area contributed by atoms with Crippen molar-refractivity contribution in [3.8, 4) is 11.1 Å². The molecular formula is C14H15N5O2S. The normalized spacial score (nSPS) is 14.2. The van der Waals surface area contributed by atoms with Crippen molar-refractivity contribution in [1.29, 1.82) is 0 Å². The van der Waals surface area contributed by atoms with Gasteiger partial charge in [0.05, 0.1) is 4.90 Å². The van der Waals surface area contributed by atoms with Gasteiger partial charge in [0, 0.05) is 5.56 Å². The highest BCUT2D eigenvalue weighted by molar-refractivity contribution is 7.89. The summed E-state index contributed by atoms with van der Waals surface area (Å²) >= 11 is 0. The van der Waals surface area contributed by atoms with E-state index in [-0.39, 0.29) is 4.90 Å². The SMILES string of the molecule is Cc1ccccc1-c1cccc(S(N)(=O)=O)c1C1=NNNN1. The molecule has 0 aromatic heterocycles. The van der Waals surface area contributed by atoms with E-state index < -0.39 is 10.0 Å². The van der Waals surface area contributed by atoms with E-state index in [1.807, 2.05) is 37.3 Å². The number of amidine groups is 1. The van der Waals surface area contributed by atoms with Gasteiger partial charge in [-0.3, -0.25) is 5.43 Å². The average molecular weight is 317 g/mol. The average Bonchev–Trinajstić information content (AvgIpc) is 3.00. The standard InChI is InChI=1S/C14H15N5O2S/c1-9-5-2-3-6-10(9)11-7-4-8-12(22(15,20)21)13(11)14-16-18-19-17-14/h2-8,18-19H,1H3,(H,16,17)(H2,15,20,21). The van der Waals surface area contributed by atoms with Crippen LogP contribution in [0.15, 0.2) is 52.5 Å². The summed E-state index contributed by atoms with van der Waals surface area (Å²) in [6.45, 7) is 1.96. The minimum absolute atomic E-state index is 0.0185. The second-order valence-electron chi connectivity index (χ2n) is 4.86. The Balaban J connectivity index is 2.34. The van der Waals surface area contributed by atoms with E-state index in [1.54, 1.807) is 6.07 Å². The van der Waals surface area contributed by atoms with Crippen molar-refractivity contribution in [2.24, 2.45) is 10.2 Å². The molecule has 0 radical (unpaired) electrons. The monoisotopic (exact) mass is 317 g/mol. The number of hydrazone groups is 1. The maximum atomic E-state index is 11.9. The molecule has 3 rings (SSSR count). The fourth-order valence-electron chi connectivity index (χ4n) is 2.43. The maximum Gasteiger partial charge on any atom is 0.238 e. The van der Waals surface area contributed by atoms with Gasteiger partial charge in [-0.2, -0.15) is 0 Å². The first-order valence-electron chi connectivity index (χ1n) is 6.54. The minimum Gasteiger partial charge on any atom is -0.285 e. The summed E-state index contributed by atoms with van der Waals surface area (Å²) in [6, 6.07) is 12.7. The second-order valence-corrected chi connectivity index (χ2v) is 6.39. The maximum absolute atomic E-state index is 11.9. The van der Waals surface area contributed by atoms with E-state index in [4.69, 9.17) is 5.14 Å². The summed E-state index contributed by atoms with van der Waals surface area (Å²) in [4.78, 5) is 0.0185. The van der Waals surface area contributed by atoms with Crippen LogP contribution < -0.4 is 21.6 Å². The lowest BCUT2D eigenvalue weighted by molar-refractivity contribution is 0.577. The van der Waals surface area contributed by atoms with Crippen molar-refractivity contribution >= 4 is 15.9 Å². The predicted molar refractivity (Wildman–Crippen MR) is 83.9 cm³/mol. The molecule has 2 aromatic carbocycles. The summed E-state index contributed by atoms with van der Waals surface area (Å²) in [5, 5.41) is 9.38. The molecule has 2 aromatic rings. The zero-order valence-electron chi connectivity index (χ0n) is 11.8. The smallest absolute Gasteiger partial charge is 0.238 e. The van der Waals surface area contributed by atoms with Crippen LogP contribution in [0, 0.1) is 6.92 Å². The Morgan fingerprint density at radius 2 is 1.77 bits per heavy atom. The predicted octanol–water partition coefficient (Wildman–Crippen LogP) is 0.583. The molecule has 22 heavy (non-hydrogen) atoms. The number of nitrogens with two attached hydrogens (primary N) is 1. The fourth-order valence-corrected chi connectivity index (χ4v) is 3.19. The number of primary sulfonamides is 1. The van der Waals surface area contributed by atoms with Gasteiger partial charge in [0.2, 0.25) is 10.0 Å². The molecule has 0 unspecified atom stereocenters. The number of sulfonamides is 1. The van der Waals surface area contributed by atoms with Gasteiger partial charge in [-0.05, 0) is 29.7 Å². The minimum atomic E-state index is -3.89. The number of rotatable bonds is 3. The Hall–Kier alpha value is -2.42. The first-order chi connectivity index (χ1) is 10.5. The zero-order chi connectivity index (χ0) is 15.7. The van der Waals surface area contributed by atoms with Crippen LogP contribution in [-0.4, -0.2) is 14.3 Å². The van der Waals surface area contributed by atoms with Crippen LogP contribution in [-0.2, 0) is 10.0 Å². The van der Waals surface area contributed by atoms with Crippen LogP contribution in [0.4, 0.5) is 0 Å². The van der Waals surface area contributed by atoms with Gasteiger partial charge in [0.1, 0.15) is 0 Å². The fraction of sp³-hybridized carbons (Fsp3) is 0.0714. The van der Waals surface area contributed by atoms with Crippen molar-refractivity contribution in [1.82, 2.24) is 16.5 Å². The highest BCUT2D eigenvalue weighted by Crippen LogP contribution is 2.30. The van der Waals surface area contributed by atoms with Gasteiger partial charge >= 0.3 is 0 Å². The largest absolute Gasteiger partial charge is 0.285 e. The molecule has 0 amide bonds. The number of aryl methyl sites for hydroxylation is 1. The molecule has 0 aliphatic carbocycles. The first kappa shape index (κ1) is 14.5. The van der Waals surface area contributed by atoms with E-state index >= 15 is 0 Å². The molecule has 114 valence electrons. The molecule has 1 aliphatic heterocycles. The molecule has 7 nitrogen and oxygen atoms in total. The van der Waals surface area contributed by atoms with E-state index in [9.17, 15) is 8.42 Å². The summed E-state index contributed by atoms with van der Waals surface area (Å²) < 4.78 is 23.9. The lowest BCUT2D eigenvalue weighted by Gasteiger charge is -2.15. The number of hydrazine groups is 2. The molecule has 0 spiro atoms. The quantitative estimate of drug-likeness (QED) is 0.662. The van der Waals surface area contributed by atoms with Crippen molar-refractivity contribution in [2.45, 2.75) is 11.8 Å². The van der Waals surface area contributed by atoms with Crippen molar-refractivity contribution in [3.05, 3.63) is 53.6 Å². The zero-order valence-corrected chi connectivity index (χ0v) is 12.6. The van der Waals surface area contributed by atoms with Crippen molar-refractivity contribution in [3.63, 3.8) is 0 Å². The number of hydrogen-bond donors (Lipinski definition) is 4. The molecule has 0 saturated carbocycles. The third kappa shape index (κ3) is 2.54. The lowest BCUT2D eigenvalue weighted by atomic mass is 9.95. The summed E-state index contributed by atoms with van der Waals surface area (Å²) in [7, 11) is -3.89. The van der Waals surface area contributed by atoms with Gasteiger partial charge in [0.15, 0.2) is 5.84 Å². The van der Waals surface area contributed by atoms with Gasteiger partial charge in [-0.15, -0.1) is 10.6 Å². The van der Waals surface area contributed by atoms with E-state index in [0.717, 1.165) is 16.7 Å². The molecule has 5 N–H and O–H groups in total. The van der Waals surface area contributed by atoms with Crippen LogP contribution in [0.5, 0.6) is 0 Å². The lowest BCUT2D eigenvalue weighted by Crippen LogP contribution is -2.36. The Morgan fingerprint density at radius 1 is 1.05 bits per heavy atom. The van der Waals surface area contributed by atoms with Gasteiger partial charge in [-0.25, -0.2) is 19.1 Å². The number of benzene rings is 2. The Labute approximate surface area is 128 Å². The van der Waals surface area contributed by atoms with Crippen LogP contribution >= 0.6 is 0 Å². The summed E-state index contributed by atoms with van der Waals surface area (Å²) in [5.74, 6) is 0.364. The van der Waals surface area contributed by atoms with Crippen LogP contribution in [0.3, 0.4) is 0 Å². The highest BCUT2D eigenvalue weighted by Gasteiger charge is 2.24. The number of hydrogen-bond acceptors (Lipinski definition) is 6. The van der Waals surface area contributed by atoms with Gasteiger partial charge in [0.25, 0.3) is 0 Å². The van der Waals surface area contributed by atoms with Gasteiger partial charge in [-0.1, -0.05) is 36.4 Å².